The molecule has 0 radical (unpaired) electrons. The highest BCUT2D eigenvalue weighted by Gasteiger charge is 2.09. The van der Waals surface area contributed by atoms with Gasteiger partial charge >= 0.3 is 0 Å². The van der Waals surface area contributed by atoms with E-state index in [9.17, 15) is 15.3 Å². The summed E-state index contributed by atoms with van der Waals surface area (Å²) in [7, 11) is 1.52. The highest BCUT2D eigenvalue weighted by Crippen LogP contribution is 2.33. The Morgan fingerprint density at radius 3 is 2.29 bits per heavy atom. The Hall–Kier alpha value is -2.88. The Balaban J connectivity index is 2.35. The van der Waals surface area contributed by atoms with Crippen molar-refractivity contribution in [1.29, 1.82) is 0 Å². The lowest BCUT2D eigenvalue weighted by Gasteiger charge is -2.10. The van der Waals surface area contributed by atoms with Gasteiger partial charge in [-0.1, -0.05) is 29.9 Å². The van der Waals surface area contributed by atoms with Crippen LogP contribution in [-0.2, 0) is 6.42 Å². The number of allylic oxidation sites excluding steroid dienone is 2. The summed E-state index contributed by atoms with van der Waals surface area (Å²) in [5.74, 6) is 0.254. The molecule has 0 atom stereocenters. The van der Waals surface area contributed by atoms with Crippen molar-refractivity contribution in [3.05, 3.63) is 58.7 Å². The molecule has 0 spiro atoms. The van der Waals surface area contributed by atoms with Crippen LogP contribution >= 0.6 is 0 Å². The molecule has 0 aromatic heterocycles. The van der Waals surface area contributed by atoms with Gasteiger partial charge in [0, 0.05) is 5.56 Å². The highest BCUT2D eigenvalue weighted by atomic mass is 16.5. The average molecular weight is 326 g/mol. The van der Waals surface area contributed by atoms with E-state index in [4.69, 9.17) is 4.74 Å². The largest absolute Gasteiger partial charge is 0.504 e. The van der Waals surface area contributed by atoms with Crippen LogP contribution in [0.25, 0.3) is 12.2 Å². The van der Waals surface area contributed by atoms with Gasteiger partial charge in [0.05, 0.1) is 7.11 Å². The maximum absolute atomic E-state index is 10.2. The highest BCUT2D eigenvalue weighted by molar-refractivity contribution is 5.72. The van der Waals surface area contributed by atoms with E-state index in [0.717, 1.165) is 16.7 Å². The van der Waals surface area contributed by atoms with Crippen molar-refractivity contribution in [2.24, 2.45) is 0 Å². The number of rotatable bonds is 5. The van der Waals surface area contributed by atoms with Crippen molar-refractivity contribution in [2.45, 2.75) is 20.3 Å². The topological polar surface area (TPSA) is 69.9 Å². The van der Waals surface area contributed by atoms with Crippen LogP contribution < -0.4 is 4.74 Å². The van der Waals surface area contributed by atoms with Crippen molar-refractivity contribution in [1.82, 2.24) is 0 Å². The van der Waals surface area contributed by atoms with Crippen LogP contribution in [0.1, 0.15) is 30.5 Å². The van der Waals surface area contributed by atoms with Crippen LogP contribution in [0, 0.1) is 0 Å². The first-order valence-electron chi connectivity index (χ1n) is 7.64. The van der Waals surface area contributed by atoms with Gasteiger partial charge in [0.2, 0.25) is 0 Å². The Kier molecular flexibility index (Phi) is 5.53. The van der Waals surface area contributed by atoms with Crippen molar-refractivity contribution < 1.29 is 20.1 Å². The third-order valence-corrected chi connectivity index (χ3v) is 3.59. The number of phenolic OH excluding ortho intramolecular Hbond substituents is 3. The first kappa shape index (κ1) is 17.5. The van der Waals surface area contributed by atoms with Crippen LogP contribution in [0.15, 0.2) is 42.0 Å². The third-order valence-electron chi connectivity index (χ3n) is 3.59. The quantitative estimate of drug-likeness (QED) is 0.430. The number of benzene rings is 2. The Labute approximate surface area is 142 Å². The number of ether oxygens (including phenoxy) is 1. The molecule has 0 amide bonds. The zero-order valence-corrected chi connectivity index (χ0v) is 14.1. The van der Waals surface area contributed by atoms with E-state index in [1.54, 1.807) is 12.1 Å². The summed E-state index contributed by atoms with van der Waals surface area (Å²) >= 11 is 0. The van der Waals surface area contributed by atoms with Gasteiger partial charge < -0.3 is 20.1 Å². The summed E-state index contributed by atoms with van der Waals surface area (Å²) in [5.41, 5.74) is 3.58. The SMILES string of the molecule is COc1cc(/C=C/c2ccc(O)c(O)c2)cc(CC=C(C)C)c1O. The minimum Gasteiger partial charge on any atom is -0.504 e. The van der Waals surface area contributed by atoms with Gasteiger partial charge in [0.1, 0.15) is 0 Å². The molecule has 0 unspecified atom stereocenters. The molecule has 0 bridgehead atoms. The number of hydrogen-bond donors (Lipinski definition) is 3. The Bertz CT molecular complexity index is 784. The minimum absolute atomic E-state index is 0.148. The first-order chi connectivity index (χ1) is 11.4. The van der Waals surface area contributed by atoms with Gasteiger partial charge in [-0.05, 0) is 55.7 Å². The van der Waals surface area contributed by atoms with Crippen molar-refractivity contribution in [2.75, 3.05) is 7.11 Å². The van der Waals surface area contributed by atoms with E-state index in [0.29, 0.717) is 12.2 Å². The van der Waals surface area contributed by atoms with Crippen LogP contribution in [0.2, 0.25) is 0 Å². The third kappa shape index (κ3) is 4.32. The molecule has 0 fully saturated rings. The molecule has 2 aromatic carbocycles. The van der Waals surface area contributed by atoms with Crippen LogP contribution in [0.4, 0.5) is 0 Å². The molecule has 3 N–H and O–H groups in total. The van der Waals surface area contributed by atoms with Gasteiger partial charge in [0.15, 0.2) is 23.0 Å². The second-order valence-electron chi connectivity index (χ2n) is 5.80. The van der Waals surface area contributed by atoms with Crippen molar-refractivity contribution in [3.8, 4) is 23.0 Å². The molecule has 126 valence electrons. The first-order valence-corrected chi connectivity index (χ1v) is 7.64. The number of hydrogen-bond acceptors (Lipinski definition) is 4. The second kappa shape index (κ2) is 7.59. The van der Waals surface area contributed by atoms with Crippen molar-refractivity contribution >= 4 is 12.2 Å². The van der Waals surface area contributed by atoms with E-state index in [-0.39, 0.29) is 17.2 Å². The monoisotopic (exact) mass is 326 g/mol. The lowest BCUT2D eigenvalue weighted by molar-refractivity contribution is 0.371. The average Bonchev–Trinajstić information content (AvgIpc) is 2.55. The standard InChI is InChI=1S/C20H22O4/c1-13(2)4-8-16-10-15(12-19(24-3)20(16)23)6-5-14-7-9-17(21)18(22)11-14/h4-7,9-12,21-23H,8H2,1-3H3/b6-5+. The Morgan fingerprint density at radius 2 is 1.67 bits per heavy atom. The predicted molar refractivity (Wildman–Crippen MR) is 96.5 cm³/mol. The summed E-state index contributed by atoms with van der Waals surface area (Å²) in [5, 5.41) is 29.1. The molecule has 0 aliphatic heterocycles. The molecule has 2 rings (SSSR count). The summed E-state index contributed by atoms with van der Waals surface area (Å²) < 4.78 is 5.24. The molecule has 0 aliphatic carbocycles. The van der Waals surface area contributed by atoms with E-state index in [2.05, 4.69) is 0 Å². The van der Waals surface area contributed by atoms with Crippen LogP contribution in [0.5, 0.6) is 23.0 Å². The van der Waals surface area contributed by atoms with Gasteiger partial charge in [-0.25, -0.2) is 0 Å². The fraction of sp³-hybridized carbons (Fsp3) is 0.200. The number of phenols is 3. The second-order valence-corrected chi connectivity index (χ2v) is 5.80. The Morgan fingerprint density at radius 1 is 0.958 bits per heavy atom. The number of aromatic hydroxyl groups is 3. The fourth-order valence-corrected chi connectivity index (χ4v) is 2.25. The summed E-state index contributed by atoms with van der Waals surface area (Å²) in [6, 6.07) is 8.26. The molecule has 4 nitrogen and oxygen atoms in total. The smallest absolute Gasteiger partial charge is 0.161 e. The van der Waals surface area contributed by atoms with Crippen molar-refractivity contribution in [3.63, 3.8) is 0 Å². The lowest BCUT2D eigenvalue weighted by atomic mass is 10.0. The molecule has 4 heteroatoms. The number of methoxy groups -OCH3 is 1. The summed E-state index contributed by atoms with van der Waals surface area (Å²) in [6.07, 6.45) is 6.33. The predicted octanol–water partition coefficient (Wildman–Crippen LogP) is 4.49. The molecule has 0 aliphatic rings. The molecule has 0 saturated carbocycles. The van der Waals surface area contributed by atoms with Gasteiger partial charge in [-0.2, -0.15) is 0 Å². The lowest BCUT2D eigenvalue weighted by Crippen LogP contribution is -1.91. The van der Waals surface area contributed by atoms with Gasteiger partial charge in [0.25, 0.3) is 0 Å². The molecular formula is C20H22O4. The van der Waals surface area contributed by atoms with Gasteiger partial charge in [-0.3, -0.25) is 0 Å². The zero-order chi connectivity index (χ0) is 17.7. The zero-order valence-electron chi connectivity index (χ0n) is 14.1. The summed E-state index contributed by atoms with van der Waals surface area (Å²) in [6.45, 7) is 4.02. The normalized spacial score (nSPS) is 10.8. The molecular weight excluding hydrogens is 304 g/mol. The van der Waals surface area contributed by atoms with E-state index in [1.807, 2.05) is 38.1 Å². The maximum Gasteiger partial charge on any atom is 0.161 e. The fourth-order valence-electron chi connectivity index (χ4n) is 2.25. The van der Waals surface area contributed by atoms with Crippen LogP contribution in [0.3, 0.4) is 0 Å². The molecule has 2 aromatic rings. The minimum atomic E-state index is -0.162. The maximum atomic E-state index is 10.2. The van der Waals surface area contributed by atoms with Gasteiger partial charge in [-0.15, -0.1) is 0 Å². The summed E-state index contributed by atoms with van der Waals surface area (Å²) in [4.78, 5) is 0. The molecule has 0 saturated heterocycles. The van der Waals surface area contributed by atoms with Crippen LogP contribution in [-0.4, -0.2) is 22.4 Å². The van der Waals surface area contributed by atoms with E-state index in [1.165, 1.54) is 24.8 Å². The molecule has 24 heavy (non-hydrogen) atoms. The molecule has 0 heterocycles. The van der Waals surface area contributed by atoms with E-state index >= 15 is 0 Å². The van der Waals surface area contributed by atoms with E-state index < -0.39 is 0 Å².